The van der Waals surface area contributed by atoms with Crippen LogP contribution >= 0.6 is 11.6 Å². The molecule has 0 aliphatic heterocycles. The van der Waals surface area contributed by atoms with Crippen LogP contribution in [-0.4, -0.2) is 47.9 Å². The minimum atomic E-state index is -0.0902. The first kappa shape index (κ1) is 21.9. The summed E-state index contributed by atoms with van der Waals surface area (Å²) in [5.74, 6) is 1.46. The summed E-state index contributed by atoms with van der Waals surface area (Å²) in [5.41, 5.74) is 1.79. The number of carbonyl (C=O) groups is 1. The number of nitrogens with one attached hydrogen (secondary N) is 2. The van der Waals surface area contributed by atoms with E-state index in [9.17, 15) is 4.79 Å². The van der Waals surface area contributed by atoms with Gasteiger partial charge < -0.3 is 24.4 Å². The number of hydrogen-bond acceptors (Lipinski definition) is 4. The van der Waals surface area contributed by atoms with Crippen molar-refractivity contribution in [1.29, 1.82) is 0 Å². The van der Waals surface area contributed by atoms with Crippen molar-refractivity contribution < 1.29 is 23.9 Å². The van der Waals surface area contributed by atoms with E-state index in [0.29, 0.717) is 28.8 Å². The molecule has 152 valence electrons. The molecule has 0 saturated heterocycles. The third-order valence-electron chi connectivity index (χ3n) is 4.57. The molecular weight excluding hydrogens is 380 g/mol. The highest BCUT2D eigenvalue weighted by atomic mass is 35.5. The Bertz CT molecular complexity index is 786. The summed E-state index contributed by atoms with van der Waals surface area (Å²) >= 11 is 6.34. The number of quaternary nitrogens is 1. The van der Waals surface area contributed by atoms with Gasteiger partial charge in [0.2, 0.25) is 11.7 Å². The fourth-order valence-corrected chi connectivity index (χ4v) is 3.35. The van der Waals surface area contributed by atoms with Crippen LogP contribution in [0.2, 0.25) is 5.02 Å². The van der Waals surface area contributed by atoms with Crippen molar-refractivity contribution in [1.82, 2.24) is 5.32 Å². The molecule has 2 rings (SSSR count). The van der Waals surface area contributed by atoms with Crippen LogP contribution in [0.5, 0.6) is 17.2 Å². The van der Waals surface area contributed by atoms with Crippen molar-refractivity contribution in [3.8, 4) is 17.2 Å². The van der Waals surface area contributed by atoms with Gasteiger partial charge >= 0.3 is 0 Å². The van der Waals surface area contributed by atoms with Crippen molar-refractivity contribution in [3.63, 3.8) is 0 Å². The second-order valence-electron chi connectivity index (χ2n) is 6.67. The molecule has 1 amide bonds. The van der Waals surface area contributed by atoms with Crippen molar-refractivity contribution in [2.45, 2.75) is 12.5 Å². The second kappa shape index (κ2) is 10.2. The molecule has 0 aliphatic rings. The third-order valence-corrected chi connectivity index (χ3v) is 4.91. The van der Waals surface area contributed by atoms with E-state index in [4.69, 9.17) is 25.8 Å². The predicted molar refractivity (Wildman–Crippen MR) is 110 cm³/mol. The fraction of sp³-hybridized carbons (Fsp3) is 0.381. The lowest BCUT2D eigenvalue weighted by atomic mass is 10.1. The van der Waals surface area contributed by atoms with E-state index in [1.807, 2.05) is 38.4 Å². The highest BCUT2D eigenvalue weighted by Gasteiger charge is 2.21. The Morgan fingerprint density at radius 1 is 1.07 bits per heavy atom. The minimum Gasteiger partial charge on any atom is -0.493 e. The molecule has 2 aromatic rings. The van der Waals surface area contributed by atoms with Gasteiger partial charge in [-0.3, -0.25) is 4.79 Å². The molecule has 2 N–H and O–H groups in total. The van der Waals surface area contributed by atoms with E-state index < -0.39 is 0 Å². The number of likely N-dealkylation sites (N-methyl/N-ethyl adjacent to an activating group) is 1. The number of rotatable bonds is 9. The van der Waals surface area contributed by atoms with Crippen LogP contribution in [0, 0.1) is 0 Å². The molecular formula is C21H28ClN2O4+. The molecule has 6 nitrogen and oxygen atoms in total. The Hall–Kier alpha value is -2.44. The quantitative estimate of drug-likeness (QED) is 0.666. The van der Waals surface area contributed by atoms with E-state index >= 15 is 0 Å². The number of carbonyl (C=O) groups excluding carboxylic acids is 1. The average molecular weight is 408 g/mol. The summed E-state index contributed by atoms with van der Waals surface area (Å²) in [7, 11) is 8.73. The van der Waals surface area contributed by atoms with Gasteiger partial charge in [0.25, 0.3) is 0 Å². The van der Waals surface area contributed by atoms with Crippen molar-refractivity contribution in [2.75, 3.05) is 42.0 Å². The smallest absolute Gasteiger partial charge is 0.224 e. The van der Waals surface area contributed by atoms with Gasteiger partial charge in [-0.2, -0.15) is 0 Å². The lowest BCUT2D eigenvalue weighted by molar-refractivity contribution is -0.890. The van der Waals surface area contributed by atoms with Crippen LogP contribution in [0.15, 0.2) is 36.4 Å². The molecule has 0 saturated carbocycles. The van der Waals surface area contributed by atoms with Crippen molar-refractivity contribution in [3.05, 3.63) is 52.5 Å². The number of benzene rings is 2. The molecule has 1 atom stereocenters. The molecule has 0 spiro atoms. The molecule has 7 heteroatoms. The third kappa shape index (κ3) is 5.30. The standard InChI is InChI=1S/C21H27ClN2O4/c1-24(2)17(15-8-6-7-9-16(15)22)13-23-20(25)12-14-10-18(26-3)21(28-5)19(11-14)27-4/h6-11,17H,12-13H2,1-5H3,(H,23,25)/p+1/t17-/m0/s1. The highest BCUT2D eigenvalue weighted by Crippen LogP contribution is 2.38. The zero-order chi connectivity index (χ0) is 20.7. The van der Waals surface area contributed by atoms with Crippen LogP contribution in [0.3, 0.4) is 0 Å². The first-order valence-corrected chi connectivity index (χ1v) is 9.39. The zero-order valence-electron chi connectivity index (χ0n) is 17.0. The van der Waals surface area contributed by atoms with Gasteiger partial charge in [-0.15, -0.1) is 0 Å². The first-order valence-electron chi connectivity index (χ1n) is 9.01. The monoisotopic (exact) mass is 407 g/mol. The summed E-state index contributed by atoms with van der Waals surface area (Å²) in [6.07, 6.45) is 0.203. The summed E-state index contributed by atoms with van der Waals surface area (Å²) in [6, 6.07) is 11.3. The Morgan fingerprint density at radius 3 is 2.18 bits per heavy atom. The lowest BCUT2D eigenvalue weighted by Gasteiger charge is -2.23. The van der Waals surface area contributed by atoms with Gasteiger partial charge in [0, 0.05) is 10.6 Å². The topological polar surface area (TPSA) is 61.2 Å². The highest BCUT2D eigenvalue weighted by molar-refractivity contribution is 6.31. The normalized spacial score (nSPS) is 11.8. The largest absolute Gasteiger partial charge is 0.493 e. The van der Waals surface area contributed by atoms with E-state index in [1.54, 1.807) is 33.5 Å². The predicted octanol–water partition coefficient (Wildman–Crippen LogP) is 1.91. The number of ether oxygens (including phenoxy) is 3. The van der Waals surface area contributed by atoms with Crippen LogP contribution in [0.4, 0.5) is 0 Å². The number of halogens is 1. The second-order valence-corrected chi connectivity index (χ2v) is 7.07. The molecule has 0 fully saturated rings. The molecule has 0 aromatic heterocycles. The summed E-state index contributed by atoms with van der Waals surface area (Å²) in [4.78, 5) is 13.7. The van der Waals surface area contributed by atoms with E-state index in [-0.39, 0.29) is 18.4 Å². The Kier molecular flexibility index (Phi) is 7.96. The molecule has 28 heavy (non-hydrogen) atoms. The Labute approximate surface area is 171 Å². The van der Waals surface area contributed by atoms with Crippen LogP contribution in [0.25, 0.3) is 0 Å². The maximum Gasteiger partial charge on any atom is 0.224 e. The van der Waals surface area contributed by atoms with Crippen LogP contribution < -0.4 is 24.4 Å². The molecule has 0 heterocycles. The van der Waals surface area contributed by atoms with E-state index in [1.165, 1.54) is 4.90 Å². The molecule has 2 aromatic carbocycles. The maximum absolute atomic E-state index is 12.5. The Balaban J connectivity index is 2.10. The van der Waals surface area contributed by atoms with Crippen LogP contribution in [-0.2, 0) is 11.2 Å². The molecule has 0 aliphatic carbocycles. The summed E-state index contributed by atoms with van der Waals surface area (Å²) in [5, 5.41) is 3.71. The molecule has 0 unspecified atom stereocenters. The number of amides is 1. The zero-order valence-corrected chi connectivity index (χ0v) is 17.7. The van der Waals surface area contributed by atoms with Crippen molar-refractivity contribution >= 4 is 17.5 Å². The Morgan fingerprint density at radius 2 is 1.68 bits per heavy atom. The van der Waals surface area contributed by atoms with Gasteiger partial charge in [-0.1, -0.05) is 29.8 Å². The molecule has 0 bridgehead atoms. The fourth-order valence-electron chi connectivity index (χ4n) is 3.08. The van der Waals surface area contributed by atoms with Gasteiger partial charge in [-0.25, -0.2) is 0 Å². The van der Waals surface area contributed by atoms with Gasteiger partial charge in [-0.05, 0) is 23.8 Å². The lowest BCUT2D eigenvalue weighted by Crippen LogP contribution is -3.07. The maximum atomic E-state index is 12.5. The van der Waals surface area contributed by atoms with E-state index in [2.05, 4.69) is 5.32 Å². The summed E-state index contributed by atoms with van der Waals surface area (Å²) < 4.78 is 16.0. The molecule has 0 radical (unpaired) electrons. The number of hydrogen-bond donors (Lipinski definition) is 2. The summed E-state index contributed by atoms with van der Waals surface area (Å²) in [6.45, 7) is 0.481. The SMILES string of the molecule is COc1cc(CC(=O)NC[C@@H](c2ccccc2Cl)[NH+](C)C)cc(OC)c1OC. The number of methoxy groups -OCH3 is 3. The van der Waals surface area contributed by atoms with E-state index in [0.717, 1.165) is 11.1 Å². The van der Waals surface area contributed by atoms with Crippen LogP contribution in [0.1, 0.15) is 17.2 Å². The minimum absolute atomic E-state index is 0.0533. The van der Waals surface area contributed by atoms with Gasteiger partial charge in [0.1, 0.15) is 6.04 Å². The van der Waals surface area contributed by atoms with Gasteiger partial charge in [0.15, 0.2) is 11.5 Å². The van der Waals surface area contributed by atoms with Crippen molar-refractivity contribution in [2.24, 2.45) is 0 Å². The average Bonchev–Trinajstić information content (AvgIpc) is 2.68. The van der Waals surface area contributed by atoms with Gasteiger partial charge in [0.05, 0.1) is 48.4 Å². The first-order chi connectivity index (χ1) is 13.4.